The van der Waals surface area contributed by atoms with E-state index < -0.39 is 97.5 Å². The third-order valence-electron chi connectivity index (χ3n) is 18.3. The Morgan fingerprint density at radius 3 is 0.792 bits per heavy atom. The summed E-state index contributed by atoms with van der Waals surface area (Å²) in [6.45, 7) is 9.65. The number of carbonyl (C=O) groups excluding carboxylic acids is 4. The molecule has 3 unspecified atom stereocenters. The van der Waals surface area contributed by atoms with Crippen LogP contribution in [-0.4, -0.2) is 96.7 Å². The van der Waals surface area contributed by atoms with E-state index in [0.29, 0.717) is 25.7 Å². The Hall–Kier alpha value is -1.94. The standard InChI is InChI=1S/C77H150O17P2/c1-7-10-12-14-16-18-20-22-24-29-37-43-49-55-61-76(81)93-72(65-87-74(79)59-53-47-41-35-28-23-21-19-17-15-13-11-8-2)67-91-95(83,84)89-63-71(78)64-90-96(85,86)92-68-73(66-88-75(80)60-54-48-42-36-32-31-34-40-46-52-58-70(6)9-3)94-77(82)62-56-50-44-38-30-26-25-27-33-39-45-51-57-69(4)5/h69-73,78H,7-68H2,1-6H3,(H,83,84)(H,85,86)/t70?,71-,72+,73+/m0/s1. The number of phosphoric ester groups is 2. The maximum atomic E-state index is 13.1. The van der Waals surface area contributed by atoms with Gasteiger partial charge in [0.2, 0.25) is 0 Å². The summed E-state index contributed by atoms with van der Waals surface area (Å²) in [7, 11) is -9.91. The fourth-order valence-electron chi connectivity index (χ4n) is 11.8. The van der Waals surface area contributed by atoms with Crippen molar-refractivity contribution < 1.29 is 80.2 Å². The SMILES string of the molecule is CCCCCCCCCCCCCCCCC(=O)O[C@H](COC(=O)CCCCCCCCCCCCCCC)COP(=O)(O)OC[C@H](O)COP(=O)(O)OC[C@@H](COC(=O)CCCCCCCCCCCCC(C)CC)OC(=O)CCCCCCCCCCCCCCC(C)C. The average molecular weight is 1410 g/mol. The van der Waals surface area contributed by atoms with Gasteiger partial charge in [-0.25, -0.2) is 9.13 Å². The minimum atomic E-state index is -4.96. The maximum absolute atomic E-state index is 13.1. The van der Waals surface area contributed by atoms with E-state index in [2.05, 4.69) is 41.5 Å². The Morgan fingerprint density at radius 1 is 0.302 bits per heavy atom. The third-order valence-corrected chi connectivity index (χ3v) is 20.2. The molecular formula is C77H150O17P2. The van der Waals surface area contributed by atoms with E-state index in [1.54, 1.807) is 0 Å². The van der Waals surface area contributed by atoms with Crippen molar-refractivity contribution in [3.05, 3.63) is 0 Å². The molecule has 6 atom stereocenters. The fourth-order valence-corrected chi connectivity index (χ4v) is 13.4. The summed E-state index contributed by atoms with van der Waals surface area (Å²) < 4.78 is 68.6. The first-order chi connectivity index (χ1) is 46.4. The second-order valence-corrected chi connectivity index (χ2v) is 31.4. The number of esters is 4. The van der Waals surface area contributed by atoms with Crippen LogP contribution < -0.4 is 0 Å². The lowest BCUT2D eigenvalue weighted by Gasteiger charge is -2.21. The molecule has 0 aromatic rings. The summed E-state index contributed by atoms with van der Waals surface area (Å²) in [6, 6.07) is 0. The summed E-state index contributed by atoms with van der Waals surface area (Å²) in [5.41, 5.74) is 0. The molecule has 0 radical (unpaired) electrons. The van der Waals surface area contributed by atoms with Crippen molar-refractivity contribution in [3.63, 3.8) is 0 Å². The second-order valence-electron chi connectivity index (χ2n) is 28.5. The van der Waals surface area contributed by atoms with E-state index in [1.807, 2.05) is 0 Å². The van der Waals surface area contributed by atoms with E-state index in [0.717, 1.165) is 102 Å². The minimum Gasteiger partial charge on any atom is -0.462 e. The first-order valence-electron chi connectivity index (χ1n) is 40.0. The van der Waals surface area contributed by atoms with Crippen molar-refractivity contribution in [1.82, 2.24) is 0 Å². The van der Waals surface area contributed by atoms with Gasteiger partial charge in [0.25, 0.3) is 0 Å². The molecule has 3 N–H and O–H groups in total. The van der Waals surface area contributed by atoms with Crippen molar-refractivity contribution in [2.24, 2.45) is 11.8 Å². The summed E-state index contributed by atoms with van der Waals surface area (Å²) in [5.74, 6) is -0.525. The number of ether oxygens (including phenoxy) is 4. The Morgan fingerprint density at radius 2 is 0.531 bits per heavy atom. The molecule has 0 aromatic carbocycles. The Labute approximate surface area is 588 Å². The van der Waals surface area contributed by atoms with Crippen LogP contribution in [0.1, 0.15) is 401 Å². The van der Waals surface area contributed by atoms with Gasteiger partial charge < -0.3 is 33.8 Å². The van der Waals surface area contributed by atoms with E-state index in [1.165, 1.54) is 218 Å². The van der Waals surface area contributed by atoms with Crippen LogP contribution in [0.5, 0.6) is 0 Å². The molecule has 0 heterocycles. The normalized spacial score (nSPS) is 14.3. The molecule has 0 saturated heterocycles. The van der Waals surface area contributed by atoms with Crippen molar-refractivity contribution in [3.8, 4) is 0 Å². The summed E-state index contributed by atoms with van der Waals surface area (Å²) in [4.78, 5) is 72.9. The molecule has 0 aliphatic carbocycles. The van der Waals surface area contributed by atoms with Crippen LogP contribution in [-0.2, 0) is 65.4 Å². The third kappa shape index (κ3) is 69.2. The molecule has 570 valence electrons. The van der Waals surface area contributed by atoms with Gasteiger partial charge in [-0.3, -0.25) is 37.3 Å². The van der Waals surface area contributed by atoms with E-state index in [9.17, 15) is 43.2 Å². The van der Waals surface area contributed by atoms with Crippen LogP contribution in [0, 0.1) is 11.8 Å². The molecular weight excluding hydrogens is 1260 g/mol. The Balaban J connectivity index is 5.28. The topological polar surface area (TPSA) is 237 Å². The van der Waals surface area contributed by atoms with Crippen LogP contribution in [0.2, 0.25) is 0 Å². The maximum Gasteiger partial charge on any atom is 0.472 e. The van der Waals surface area contributed by atoms with Crippen LogP contribution >= 0.6 is 15.6 Å². The zero-order valence-electron chi connectivity index (χ0n) is 62.7. The van der Waals surface area contributed by atoms with Crippen molar-refractivity contribution in [2.75, 3.05) is 39.6 Å². The van der Waals surface area contributed by atoms with Crippen molar-refractivity contribution in [2.45, 2.75) is 419 Å². The van der Waals surface area contributed by atoms with Gasteiger partial charge in [-0.2, -0.15) is 0 Å². The van der Waals surface area contributed by atoms with E-state index >= 15 is 0 Å². The fraction of sp³-hybridized carbons (Fsp3) is 0.948. The molecule has 0 rings (SSSR count). The molecule has 0 aromatic heterocycles. The highest BCUT2D eigenvalue weighted by molar-refractivity contribution is 7.47. The van der Waals surface area contributed by atoms with Gasteiger partial charge in [0.15, 0.2) is 12.2 Å². The summed E-state index contributed by atoms with van der Waals surface area (Å²) >= 11 is 0. The predicted molar refractivity (Wildman–Crippen MR) is 391 cm³/mol. The second kappa shape index (κ2) is 68.8. The summed E-state index contributed by atoms with van der Waals surface area (Å²) in [5, 5.41) is 10.6. The monoisotopic (exact) mass is 1410 g/mol. The minimum absolute atomic E-state index is 0.107. The smallest absolute Gasteiger partial charge is 0.462 e. The van der Waals surface area contributed by atoms with Crippen LogP contribution in [0.25, 0.3) is 0 Å². The number of aliphatic hydroxyl groups is 1. The first-order valence-corrected chi connectivity index (χ1v) is 43.0. The lowest BCUT2D eigenvalue weighted by molar-refractivity contribution is -0.161. The highest BCUT2D eigenvalue weighted by Gasteiger charge is 2.30. The average Bonchev–Trinajstić information content (AvgIpc) is 1.11. The van der Waals surface area contributed by atoms with E-state index in [-0.39, 0.29) is 25.7 Å². The summed E-state index contributed by atoms with van der Waals surface area (Å²) in [6.07, 6.45) is 56.6. The molecule has 0 aliphatic heterocycles. The van der Waals surface area contributed by atoms with Gasteiger partial charge in [-0.15, -0.1) is 0 Å². The van der Waals surface area contributed by atoms with Crippen LogP contribution in [0.3, 0.4) is 0 Å². The molecule has 0 fully saturated rings. The molecule has 96 heavy (non-hydrogen) atoms. The Kier molecular flexibility index (Phi) is 67.4. The lowest BCUT2D eigenvalue weighted by atomic mass is 9.99. The highest BCUT2D eigenvalue weighted by atomic mass is 31.2. The van der Waals surface area contributed by atoms with E-state index in [4.69, 9.17) is 37.0 Å². The molecule has 17 nitrogen and oxygen atoms in total. The largest absolute Gasteiger partial charge is 0.472 e. The number of rotatable bonds is 76. The zero-order valence-corrected chi connectivity index (χ0v) is 64.5. The van der Waals surface area contributed by atoms with Gasteiger partial charge in [0.05, 0.1) is 26.4 Å². The van der Waals surface area contributed by atoms with Gasteiger partial charge in [0, 0.05) is 25.7 Å². The van der Waals surface area contributed by atoms with Gasteiger partial charge in [-0.05, 0) is 37.5 Å². The lowest BCUT2D eigenvalue weighted by Crippen LogP contribution is -2.30. The predicted octanol–water partition coefficient (Wildman–Crippen LogP) is 22.7. The highest BCUT2D eigenvalue weighted by Crippen LogP contribution is 2.45. The molecule has 0 amide bonds. The quantitative estimate of drug-likeness (QED) is 0.0222. The number of hydrogen-bond acceptors (Lipinski definition) is 15. The number of carbonyl (C=O) groups is 4. The van der Waals surface area contributed by atoms with Crippen molar-refractivity contribution >= 4 is 39.5 Å². The zero-order chi connectivity index (χ0) is 70.7. The first kappa shape index (κ1) is 94.1. The van der Waals surface area contributed by atoms with Crippen LogP contribution in [0.15, 0.2) is 0 Å². The van der Waals surface area contributed by atoms with Crippen molar-refractivity contribution in [1.29, 1.82) is 0 Å². The number of hydrogen-bond donors (Lipinski definition) is 3. The van der Waals surface area contributed by atoms with Crippen LogP contribution in [0.4, 0.5) is 0 Å². The molecule has 0 aliphatic rings. The van der Waals surface area contributed by atoms with Gasteiger partial charge in [0.1, 0.15) is 19.3 Å². The number of aliphatic hydroxyl groups excluding tert-OH is 1. The van der Waals surface area contributed by atoms with Gasteiger partial charge >= 0.3 is 39.5 Å². The van der Waals surface area contributed by atoms with Gasteiger partial charge in [-0.1, -0.05) is 350 Å². The number of phosphoric acid groups is 2. The molecule has 19 heteroatoms. The number of unbranched alkanes of at least 4 members (excludes halogenated alkanes) is 45. The molecule has 0 bridgehead atoms. The molecule has 0 spiro atoms. The molecule has 0 saturated carbocycles. The Bertz CT molecular complexity index is 1860.